The van der Waals surface area contributed by atoms with Gasteiger partial charge in [0.25, 0.3) is 5.91 Å². The molecule has 0 unspecified atom stereocenters. The zero-order valence-corrected chi connectivity index (χ0v) is 11.6. The maximum Gasteiger partial charge on any atom is 0.252 e. The van der Waals surface area contributed by atoms with Crippen molar-refractivity contribution in [2.24, 2.45) is 5.18 Å². The second-order valence-electron chi connectivity index (χ2n) is 4.60. The Kier molecular flexibility index (Phi) is 5.95. The van der Waals surface area contributed by atoms with Gasteiger partial charge in [-0.25, -0.2) is 0 Å². The van der Waals surface area contributed by atoms with Crippen LogP contribution in [0.1, 0.15) is 6.42 Å². The zero-order chi connectivity index (χ0) is 14.3. The summed E-state index contributed by atoms with van der Waals surface area (Å²) in [6, 6.07) is 0. The number of allylic oxidation sites excluding steroid dienone is 1. The van der Waals surface area contributed by atoms with E-state index in [1.54, 1.807) is 30.3 Å². The minimum absolute atomic E-state index is 0.111. The van der Waals surface area contributed by atoms with Crippen LogP contribution in [0.4, 0.5) is 0 Å². The third-order valence-corrected chi connectivity index (χ3v) is 2.69. The van der Waals surface area contributed by atoms with E-state index >= 15 is 0 Å². The van der Waals surface area contributed by atoms with Crippen LogP contribution in [0.2, 0.25) is 0 Å². The fourth-order valence-corrected chi connectivity index (χ4v) is 1.64. The van der Waals surface area contributed by atoms with Crippen LogP contribution in [0.3, 0.4) is 0 Å². The maximum absolute atomic E-state index is 11.9. The molecule has 1 amide bonds. The molecule has 0 aromatic heterocycles. The summed E-state index contributed by atoms with van der Waals surface area (Å²) in [6.07, 6.45) is 7.16. The van der Waals surface area contributed by atoms with Gasteiger partial charge in [-0.2, -0.15) is 0 Å². The van der Waals surface area contributed by atoms with Crippen LogP contribution in [-0.4, -0.2) is 49.9 Å². The van der Waals surface area contributed by atoms with Crippen LogP contribution in [0.5, 0.6) is 0 Å². The van der Waals surface area contributed by atoms with Crippen molar-refractivity contribution in [3.8, 4) is 0 Å². The van der Waals surface area contributed by atoms with E-state index in [1.807, 2.05) is 14.1 Å². The predicted octanol–water partition coefficient (Wildman–Crippen LogP) is 1.05. The molecule has 0 radical (unpaired) electrons. The van der Waals surface area contributed by atoms with Gasteiger partial charge in [0.2, 0.25) is 0 Å². The summed E-state index contributed by atoms with van der Waals surface area (Å²) in [5, 5.41) is 5.58. The number of nitrogens with zero attached hydrogens (tertiary/aromatic N) is 3. The van der Waals surface area contributed by atoms with Crippen molar-refractivity contribution in [3.63, 3.8) is 0 Å². The average molecular weight is 264 g/mol. The minimum Gasteiger partial charge on any atom is -0.352 e. The Bertz CT molecular complexity index is 424. The normalized spacial score (nSPS) is 16.7. The highest BCUT2D eigenvalue weighted by Crippen LogP contribution is 2.15. The molecular formula is C13H20N4O2. The number of hydrogen-bond acceptors (Lipinski definition) is 5. The summed E-state index contributed by atoms with van der Waals surface area (Å²) >= 11 is 0. The number of carbonyl (C=O) groups excluding carboxylic acids is 1. The zero-order valence-electron chi connectivity index (χ0n) is 11.6. The number of carbonyl (C=O) groups is 1. The number of likely N-dealkylation sites (N-methyl/N-ethyl adjacent to an activating group) is 1. The van der Waals surface area contributed by atoms with Gasteiger partial charge in [-0.3, -0.25) is 4.79 Å². The first-order chi connectivity index (χ1) is 9.04. The molecule has 0 saturated heterocycles. The number of nitrogens with one attached hydrogen (secondary N) is 1. The molecular weight excluding hydrogens is 244 g/mol. The lowest BCUT2D eigenvalue weighted by molar-refractivity contribution is -0.117. The van der Waals surface area contributed by atoms with Gasteiger partial charge in [-0.15, -0.1) is 4.91 Å². The molecule has 1 N–H and O–H groups in total. The first kappa shape index (κ1) is 15.1. The van der Waals surface area contributed by atoms with Crippen molar-refractivity contribution in [2.45, 2.75) is 6.42 Å². The average Bonchev–Trinajstić information content (AvgIpc) is 2.36. The summed E-state index contributed by atoms with van der Waals surface area (Å²) in [5.74, 6) is -0.111. The van der Waals surface area contributed by atoms with Gasteiger partial charge in [0.05, 0.1) is 17.5 Å². The molecule has 0 atom stereocenters. The largest absolute Gasteiger partial charge is 0.352 e. The van der Waals surface area contributed by atoms with Crippen molar-refractivity contribution in [1.82, 2.24) is 15.1 Å². The van der Waals surface area contributed by atoms with E-state index in [2.05, 4.69) is 15.4 Å². The minimum atomic E-state index is -0.111. The molecule has 6 nitrogen and oxygen atoms in total. The van der Waals surface area contributed by atoms with Crippen molar-refractivity contribution >= 4 is 5.91 Å². The van der Waals surface area contributed by atoms with E-state index in [0.717, 1.165) is 13.0 Å². The Hall–Kier alpha value is -1.95. The highest BCUT2D eigenvalue weighted by Gasteiger charge is 2.12. The van der Waals surface area contributed by atoms with Crippen molar-refractivity contribution in [1.29, 1.82) is 0 Å². The smallest absolute Gasteiger partial charge is 0.252 e. The molecule has 0 spiro atoms. The molecule has 0 bridgehead atoms. The summed E-state index contributed by atoms with van der Waals surface area (Å²) in [7, 11) is 5.76. The molecule has 19 heavy (non-hydrogen) atoms. The van der Waals surface area contributed by atoms with E-state index in [0.29, 0.717) is 17.8 Å². The van der Waals surface area contributed by atoms with E-state index in [-0.39, 0.29) is 5.91 Å². The lowest BCUT2D eigenvalue weighted by Gasteiger charge is -2.20. The van der Waals surface area contributed by atoms with Gasteiger partial charge >= 0.3 is 0 Å². The maximum atomic E-state index is 11.9. The highest BCUT2D eigenvalue weighted by molar-refractivity contribution is 5.96. The number of nitroso groups, excluding NO2 is 1. The lowest BCUT2D eigenvalue weighted by atomic mass is 10.1. The van der Waals surface area contributed by atoms with Gasteiger partial charge in [-0.05, 0) is 44.4 Å². The second kappa shape index (κ2) is 7.48. The molecule has 0 aliphatic carbocycles. The van der Waals surface area contributed by atoms with Crippen molar-refractivity contribution in [3.05, 3.63) is 40.7 Å². The van der Waals surface area contributed by atoms with E-state index in [4.69, 9.17) is 0 Å². The highest BCUT2D eigenvalue weighted by atomic mass is 16.2. The first-order valence-electron chi connectivity index (χ1n) is 6.13. The van der Waals surface area contributed by atoms with E-state index in [1.165, 1.54) is 6.20 Å². The van der Waals surface area contributed by atoms with Crippen molar-refractivity contribution < 1.29 is 4.79 Å². The van der Waals surface area contributed by atoms with Crippen molar-refractivity contribution in [2.75, 3.05) is 34.2 Å². The number of hydrogen-bond donors (Lipinski definition) is 1. The molecule has 0 aromatic rings. The van der Waals surface area contributed by atoms with Gasteiger partial charge in [-0.1, -0.05) is 0 Å². The SMILES string of the molecule is CN(C)CCCNC(=O)C1=CN(C)/C(=C\N=O)C=C1. The van der Waals surface area contributed by atoms with Crippen LogP contribution >= 0.6 is 0 Å². The summed E-state index contributed by atoms with van der Waals surface area (Å²) < 4.78 is 0. The Balaban J connectivity index is 2.47. The summed E-state index contributed by atoms with van der Waals surface area (Å²) in [6.45, 7) is 1.58. The summed E-state index contributed by atoms with van der Waals surface area (Å²) in [4.78, 5) is 25.8. The Labute approximate surface area is 113 Å². The first-order valence-corrected chi connectivity index (χ1v) is 6.13. The molecule has 0 saturated carbocycles. The van der Waals surface area contributed by atoms with Gasteiger partial charge in [0.1, 0.15) is 0 Å². The lowest BCUT2D eigenvalue weighted by Crippen LogP contribution is -2.29. The molecule has 104 valence electrons. The molecule has 1 rings (SSSR count). The van der Waals surface area contributed by atoms with Gasteiger partial charge < -0.3 is 15.1 Å². The number of amides is 1. The molecule has 6 heteroatoms. The van der Waals surface area contributed by atoms with E-state index < -0.39 is 0 Å². The predicted molar refractivity (Wildman–Crippen MR) is 75.0 cm³/mol. The van der Waals surface area contributed by atoms with E-state index in [9.17, 15) is 9.70 Å². The molecule has 1 heterocycles. The van der Waals surface area contributed by atoms with Gasteiger partial charge in [0, 0.05) is 19.8 Å². The standard InChI is InChI=1S/C13H20N4O2/c1-16(2)8-4-7-14-13(18)11-5-6-12(9-15-19)17(3)10-11/h5-6,9-10H,4,7-8H2,1-3H3,(H,14,18)/b12-9-. The fraction of sp³-hybridized carbons (Fsp3) is 0.462. The molecule has 0 aromatic carbocycles. The third-order valence-electron chi connectivity index (χ3n) is 2.69. The Morgan fingerprint density at radius 1 is 1.47 bits per heavy atom. The quantitative estimate of drug-likeness (QED) is 0.575. The third kappa shape index (κ3) is 5.05. The van der Waals surface area contributed by atoms with Gasteiger partial charge in [0.15, 0.2) is 0 Å². The monoisotopic (exact) mass is 264 g/mol. The van der Waals surface area contributed by atoms with Crippen LogP contribution in [0, 0.1) is 4.91 Å². The Morgan fingerprint density at radius 2 is 2.21 bits per heavy atom. The fourth-order valence-electron chi connectivity index (χ4n) is 1.64. The number of rotatable bonds is 6. The molecule has 1 aliphatic rings. The second-order valence-corrected chi connectivity index (χ2v) is 4.60. The summed E-state index contributed by atoms with van der Waals surface area (Å²) in [5.41, 5.74) is 1.22. The molecule has 0 fully saturated rings. The van der Waals surface area contributed by atoms with Crippen LogP contribution in [0.25, 0.3) is 0 Å². The molecule has 1 aliphatic heterocycles. The van der Waals surface area contributed by atoms with Crippen LogP contribution in [-0.2, 0) is 4.79 Å². The van der Waals surface area contributed by atoms with Crippen LogP contribution in [0.15, 0.2) is 41.0 Å². The van der Waals surface area contributed by atoms with Crippen LogP contribution < -0.4 is 5.32 Å². The Morgan fingerprint density at radius 3 is 2.79 bits per heavy atom. The topological polar surface area (TPSA) is 65.0 Å².